The monoisotopic (exact) mass is 423 g/mol. The number of anilines is 1. The van der Waals surface area contributed by atoms with Crippen LogP contribution >= 0.6 is 15.9 Å². The molecule has 3 rings (SSSR count). The van der Waals surface area contributed by atoms with Crippen LogP contribution in [0.5, 0.6) is 0 Å². The lowest BCUT2D eigenvalue weighted by molar-refractivity contribution is 0.598. The Bertz CT molecular complexity index is 894. The molecular formula is C16H18BrN3O2SSi. The number of hydrogen-bond donors (Lipinski definition) is 2. The van der Waals surface area contributed by atoms with E-state index in [-0.39, 0.29) is 4.90 Å². The summed E-state index contributed by atoms with van der Waals surface area (Å²) in [6.45, 7) is 4.43. The highest BCUT2D eigenvalue weighted by atomic mass is 79.9. The van der Waals surface area contributed by atoms with Crippen molar-refractivity contribution in [1.29, 1.82) is 0 Å². The second kappa shape index (κ2) is 6.12. The molecule has 0 amide bonds. The molecule has 0 atom stereocenters. The molecule has 3 N–H and O–H groups in total. The van der Waals surface area contributed by atoms with Crippen LogP contribution in [0, 0.1) is 0 Å². The number of primary sulfonamides is 1. The maximum Gasteiger partial charge on any atom is 0.238 e. The van der Waals surface area contributed by atoms with Crippen molar-refractivity contribution in [3.63, 3.8) is 0 Å². The van der Waals surface area contributed by atoms with Gasteiger partial charge in [-0.25, -0.2) is 18.6 Å². The number of hydrogen-bond acceptors (Lipinski definition) is 4. The summed E-state index contributed by atoms with van der Waals surface area (Å²) < 4.78 is 23.9. The van der Waals surface area contributed by atoms with Crippen LogP contribution in [0.3, 0.4) is 0 Å². The van der Waals surface area contributed by atoms with Crippen LogP contribution in [0.15, 0.2) is 63.6 Å². The predicted octanol–water partition coefficient (Wildman–Crippen LogP) is 3.21. The van der Waals surface area contributed by atoms with Crippen molar-refractivity contribution in [1.82, 2.24) is 5.09 Å². The summed E-state index contributed by atoms with van der Waals surface area (Å²) >= 11 is 3.45. The maximum atomic E-state index is 11.4. The van der Waals surface area contributed by atoms with Crippen molar-refractivity contribution in [2.45, 2.75) is 18.0 Å². The van der Waals surface area contributed by atoms with Gasteiger partial charge >= 0.3 is 0 Å². The third-order valence-corrected chi connectivity index (χ3v) is 6.95. The highest BCUT2D eigenvalue weighted by molar-refractivity contribution is 9.10. The zero-order chi connectivity index (χ0) is 17.5. The number of sulfonamides is 1. The molecule has 0 bridgehead atoms. The lowest BCUT2D eigenvalue weighted by Gasteiger charge is -2.26. The zero-order valence-electron chi connectivity index (χ0n) is 13.3. The zero-order valence-corrected chi connectivity index (χ0v) is 16.7. The molecule has 2 aromatic carbocycles. The van der Waals surface area contributed by atoms with Gasteiger partial charge < -0.3 is 0 Å². The molecule has 1 aliphatic heterocycles. The standard InChI is InChI=1S/C16H18BrN3O2SSi/c1-24(2)11-16(12-3-5-13(17)6-4-12)20(19-24)14-7-9-15(10-8-14)23(18,21)22/h3-11,19H,1-2H3,(H2,18,21,22). The quantitative estimate of drug-likeness (QED) is 0.742. The summed E-state index contributed by atoms with van der Waals surface area (Å²) in [7, 11) is -5.42. The Balaban J connectivity index is 2.00. The second-order valence-corrected chi connectivity index (χ2v) is 12.7. The third-order valence-electron chi connectivity index (χ3n) is 3.70. The van der Waals surface area contributed by atoms with E-state index in [1.54, 1.807) is 12.1 Å². The van der Waals surface area contributed by atoms with Crippen LogP contribution in [0.4, 0.5) is 5.69 Å². The molecule has 8 heteroatoms. The Morgan fingerprint density at radius 3 is 2.17 bits per heavy atom. The van der Waals surface area contributed by atoms with E-state index in [0.717, 1.165) is 21.4 Å². The topological polar surface area (TPSA) is 75.4 Å². The van der Waals surface area contributed by atoms with E-state index < -0.39 is 18.3 Å². The number of nitrogens with zero attached hydrogens (tertiary/aromatic N) is 1. The molecule has 0 aromatic heterocycles. The summed E-state index contributed by atoms with van der Waals surface area (Å²) in [6.07, 6.45) is 0. The maximum absolute atomic E-state index is 11.4. The lowest BCUT2D eigenvalue weighted by atomic mass is 10.1. The van der Waals surface area contributed by atoms with Gasteiger partial charge in [0.05, 0.1) is 16.3 Å². The molecule has 0 aliphatic carbocycles. The number of hydrazine groups is 1. The second-order valence-electron chi connectivity index (χ2n) is 6.24. The molecule has 24 heavy (non-hydrogen) atoms. The number of benzene rings is 2. The van der Waals surface area contributed by atoms with Gasteiger partial charge in [-0.1, -0.05) is 46.9 Å². The van der Waals surface area contributed by atoms with Gasteiger partial charge in [0.25, 0.3) is 0 Å². The molecule has 0 fully saturated rings. The highest BCUT2D eigenvalue weighted by Crippen LogP contribution is 2.32. The minimum absolute atomic E-state index is 0.108. The number of nitrogens with two attached hydrogens (primary N) is 1. The van der Waals surface area contributed by atoms with E-state index in [4.69, 9.17) is 5.14 Å². The number of nitrogens with one attached hydrogen (secondary N) is 1. The third kappa shape index (κ3) is 3.62. The average molecular weight is 424 g/mol. The van der Waals surface area contributed by atoms with E-state index >= 15 is 0 Å². The van der Waals surface area contributed by atoms with Crippen molar-refractivity contribution < 1.29 is 8.42 Å². The molecule has 2 aromatic rings. The van der Waals surface area contributed by atoms with Gasteiger partial charge in [0.2, 0.25) is 10.0 Å². The molecular weight excluding hydrogens is 406 g/mol. The van der Waals surface area contributed by atoms with Gasteiger partial charge in [-0.05, 0) is 42.0 Å². The molecule has 0 spiro atoms. The van der Waals surface area contributed by atoms with Crippen LogP contribution in [0.1, 0.15) is 5.56 Å². The molecule has 126 valence electrons. The van der Waals surface area contributed by atoms with Crippen LogP contribution < -0.4 is 15.2 Å². The average Bonchev–Trinajstić information content (AvgIpc) is 2.83. The first kappa shape index (κ1) is 17.4. The van der Waals surface area contributed by atoms with Crippen LogP contribution in [-0.4, -0.2) is 16.7 Å². The Labute approximate surface area is 151 Å². The first-order valence-corrected chi connectivity index (χ1v) is 12.8. The van der Waals surface area contributed by atoms with Crippen LogP contribution in [0.2, 0.25) is 13.1 Å². The number of halogens is 1. The fourth-order valence-electron chi connectivity index (χ4n) is 2.61. The van der Waals surface area contributed by atoms with E-state index in [1.165, 1.54) is 12.1 Å². The molecule has 1 heterocycles. The molecule has 0 radical (unpaired) electrons. The van der Waals surface area contributed by atoms with Crippen LogP contribution in [0.25, 0.3) is 5.70 Å². The molecule has 0 unspecified atom stereocenters. The summed E-state index contributed by atoms with van der Waals surface area (Å²) in [4.78, 5) is 0.108. The van der Waals surface area contributed by atoms with Crippen molar-refractivity contribution in [3.05, 3.63) is 64.3 Å². The predicted molar refractivity (Wildman–Crippen MR) is 103 cm³/mol. The summed E-state index contributed by atoms with van der Waals surface area (Å²) in [5.74, 6) is 0. The first-order chi connectivity index (χ1) is 11.2. The minimum atomic E-state index is -3.69. The van der Waals surface area contributed by atoms with Gasteiger partial charge in [-0.3, -0.25) is 5.01 Å². The van der Waals surface area contributed by atoms with E-state index in [1.807, 2.05) is 17.1 Å². The summed E-state index contributed by atoms with van der Waals surface area (Å²) in [5, 5.41) is 10.7. The normalized spacial score (nSPS) is 17.0. The van der Waals surface area contributed by atoms with Crippen molar-refractivity contribution in [3.8, 4) is 0 Å². The fourth-order valence-corrected chi connectivity index (χ4v) is 5.26. The first-order valence-electron chi connectivity index (χ1n) is 7.35. The van der Waals surface area contributed by atoms with Gasteiger partial charge in [0.15, 0.2) is 8.24 Å². The Kier molecular flexibility index (Phi) is 4.43. The Morgan fingerprint density at radius 2 is 1.62 bits per heavy atom. The van der Waals surface area contributed by atoms with Crippen molar-refractivity contribution >= 4 is 45.6 Å². The van der Waals surface area contributed by atoms with Crippen molar-refractivity contribution in [2.24, 2.45) is 5.14 Å². The molecule has 5 nitrogen and oxygen atoms in total. The SMILES string of the molecule is C[Si]1(C)C=C(c2ccc(Br)cc2)N(c2ccc(S(N)(=O)=O)cc2)N1. The largest absolute Gasteiger partial charge is 0.283 e. The smallest absolute Gasteiger partial charge is 0.238 e. The van der Waals surface area contributed by atoms with Gasteiger partial charge in [-0.2, -0.15) is 0 Å². The molecule has 0 saturated heterocycles. The highest BCUT2D eigenvalue weighted by Gasteiger charge is 2.32. The Morgan fingerprint density at radius 1 is 1.04 bits per heavy atom. The van der Waals surface area contributed by atoms with E-state index in [2.05, 4.69) is 51.9 Å². The lowest BCUT2D eigenvalue weighted by Crippen LogP contribution is -2.47. The molecule has 1 aliphatic rings. The summed E-state index contributed by atoms with van der Waals surface area (Å²) in [6, 6.07) is 14.7. The van der Waals surface area contributed by atoms with Crippen LogP contribution in [-0.2, 0) is 10.0 Å². The van der Waals surface area contributed by atoms with Gasteiger partial charge in [0, 0.05) is 4.47 Å². The number of rotatable bonds is 3. The Hall–Kier alpha value is -1.45. The van der Waals surface area contributed by atoms with E-state index in [0.29, 0.717) is 0 Å². The van der Waals surface area contributed by atoms with Crippen molar-refractivity contribution in [2.75, 3.05) is 5.01 Å². The minimum Gasteiger partial charge on any atom is -0.283 e. The fraction of sp³-hybridized carbons (Fsp3) is 0.125. The summed E-state index contributed by atoms with van der Waals surface area (Å²) in [5.41, 5.74) is 5.32. The molecule has 0 saturated carbocycles. The van der Waals surface area contributed by atoms with Gasteiger partial charge in [0.1, 0.15) is 0 Å². The van der Waals surface area contributed by atoms with E-state index in [9.17, 15) is 8.42 Å². The van der Waals surface area contributed by atoms with Gasteiger partial charge in [-0.15, -0.1) is 0 Å².